The number of hydrogen-bond donors (Lipinski definition) is 3. The van der Waals surface area contributed by atoms with Crippen molar-refractivity contribution in [3.05, 3.63) is 23.8 Å². The molecule has 1 aromatic rings. The Bertz CT molecular complexity index is 540. The standard InChI is InChI=1S/C18H29N3O3/c1-4-19-18(21-14-6-8-15(22)9-7-14)20-12-13-5-10-16(23-2)17(11-13)24-3/h5,10-11,14-15,22H,4,6-9,12H2,1-3H3,(H2,19,20,21). The van der Waals surface area contributed by atoms with E-state index in [1.807, 2.05) is 18.2 Å². The smallest absolute Gasteiger partial charge is 0.191 e. The fourth-order valence-electron chi connectivity index (χ4n) is 2.88. The number of nitrogens with zero attached hydrogens (tertiary/aromatic N) is 1. The van der Waals surface area contributed by atoms with Crippen molar-refractivity contribution in [3.63, 3.8) is 0 Å². The number of ether oxygens (including phenoxy) is 2. The average molecular weight is 335 g/mol. The molecule has 134 valence electrons. The van der Waals surface area contributed by atoms with Crippen molar-refractivity contribution < 1.29 is 14.6 Å². The van der Waals surface area contributed by atoms with E-state index in [2.05, 4.69) is 22.5 Å². The summed E-state index contributed by atoms with van der Waals surface area (Å²) in [6.07, 6.45) is 3.51. The highest BCUT2D eigenvalue weighted by Gasteiger charge is 2.19. The molecule has 1 aromatic carbocycles. The van der Waals surface area contributed by atoms with Crippen LogP contribution in [0.25, 0.3) is 0 Å². The molecule has 0 radical (unpaired) electrons. The third-order valence-electron chi connectivity index (χ3n) is 4.25. The van der Waals surface area contributed by atoms with Crippen molar-refractivity contribution in [1.29, 1.82) is 0 Å². The fraction of sp³-hybridized carbons (Fsp3) is 0.611. The first-order chi connectivity index (χ1) is 11.7. The molecule has 0 bridgehead atoms. The zero-order valence-electron chi connectivity index (χ0n) is 14.8. The Labute approximate surface area is 144 Å². The van der Waals surface area contributed by atoms with Crippen LogP contribution in [0.4, 0.5) is 0 Å². The van der Waals surface area contributed by atoms with Crippen molar-refractivity contribution in [3.8, 4) is 11.5 Å². The molecule has 1 aliphatic carbocycles. The van der Waals surface area contributed by atoms with E-state index in [4.69, 9.17) is 9.47 Å². The molecule has 24 heavy (non-hydrogen) atoms. The first-order valence-electron chi connectivity index (χ1n) is 8.60. The van der Waals surface area contributed by atoms with E-state index < -0.39 is 0 Å². The first-order valence-corrected chi connectivity index (χ1v) is 8.60. The maximum Gasteiger partial charge on any atom is 0.191 e. The molecule has 0 atom stereocenters. The molecule has 0 aliphatic heterocycles. The highest BCUT2D eigenvalue weighted by atomic mass is 16.5. The monoisotopic (exact) mass is 335 g/mol. The van der Waals surface area contributed by atoms with Crippen LogP contribution in [0.3, 0.4) is 0 Å². The van der Waals surface area contributed by atoms with Gasteiger partial charge in [0.1, 0.15) is 0 Å². The maximum absolute atomic E-state index is 9.61. The molecule has 0 unspecified atom stereocenters. The van der Waals surface area contributed by atoms with Gasteiger partial charge < -0.3 is 25.2 Å². The van der Waals surface area contributed by atoms with Crippen LogP contribution in [0, 0.1) is 0 Å². The molecule has 0 amide bonds. The number of guanidine groups is 1. The van der Waals surface area contributed by atoms with Crippen LogP contribution in [0.1, 0.15) is 38.2 Å². The van der Waals surface area contributed by atoms with Crippen LogP contribution >= 0.6 is 0 Å². The molecule has 1 saturated carbocycles. The van der Waals surface area contributed by atoms with E-state index in [1.165, 1.54) is 0 Å². The normalized spacial score (nSPS) is 21.2. The summed E-state index contributed by atoms with van der Waals surface area (Å²) in [4.78, 5) is 4.66. The molecule has 1 fully saturated rings. The minimum absolute atomic E-state index is 0.144. The summed E-state index contributed by atoms with van der Waals surface area (Å²) in [6, 6.07) is 6.21. The Morgan fingerprint density at radius 1 is 1.17 bits per heavy atom. The molecule has 6 nitrogen and oxygen atoms in total. The van der Waals surface area contributed by atoms with Gasteiger partial charge in [0.2, 0.25) is 0 Å². The van der Waals surface area contributed by atoms with E-state index in [0.29, 0.717) is 18.3 Å². The van der Waals surface area contributed by atoms with Crippen molar-refractivity contribution in [2.75, 3.05) is 20.8 Å². The van der Waals surface area contributed by atoms with Crippen molar-refractivity contribution in [2.45, 2.75) is 51.3 Å². The summed E-state index contributed by atoms with van der Waals surface area (Å²) in [5.74, 6) is 2.24. The van der Waals surface area contributed by atoms with Gasteiger partial charge in [0.25, 0.3) is 0 Å². The lowest BCUT2D eigenvalue weighted by atomic mass is 9.93. The molecule has 1 aliphatic rings. The highest BCUT2D eigenvalue weighted by Crippen LogP contribution is 2.27. The van der Waals surface area contributed by atoms with Gasteiger partial charge in [0, 0.05) is 12.6 Å². The quantitative estimate of drug-likeness (QED) is 0.548. The van der Waals surface area contributed by atoms with Crippen molar-refractivity contribution >= 4 is 5.96 Å². The van der Waals surface area contributed by atoms with Crippen molar-refractivity contribution in [2.24, 2.45) is 4.99 Å². The van der Waals surface area contributed by atoms with Crippen LogP contribution in [-0.4, -0.2) is 44.0 Å². The Morgan fingerprint density at radius 2 is 1.88 bits per heavy atom. The summed E-state index contributed by atoms with van der Waals surface area (Å²) < 4.78 is 10.6. The summed E-state index contributed by atoms with van der Waals surface area (Å²) in [5.41, 5.74) is 1.06. The second-order valence-corrected chi connectivity index (χ2v) is 6.03. The topological polar surface area (TPSA) is 75.1 Å². The Kier molecular flexibility index (Phi) is 7.18. The predicted molar refractivity (Wildman–Crippen MR) is 95.8 cm³/mol. The second kappa shape index (κ2) is 9.37. The van der Waals surface area contributed by atoms with E-state index in [-0.39, 0.29) is 6.10 Å². The summed E-state index contributed by atoms with van der Waals surface area (Å²) in [5, 5.41) is 16.4. The molecule has 2 rings (SSSR count). The van der Waals surface area contributed by atoms with Crippen LogP contribution in [0.5, 0.6) is 11.5 Å². The lowest BCUT2D eigenvalue weighted by Gasteiger charge is -2.27. The van der Waals surface area contributed by atoms with Crippen LogP contribution < -0.4 is 20.1 Å². The van der Waals surface area contributed by atoms with Gasteiger partial charge >= 0.3 is 0 Å². The Balaban J connectivity index is 1.99. The molecule has 0 heterocycles. The van der Waals surface area contributed by atoms with E-state index in [1.54, 1.807) is 14.2 Å². The van der Waals surface area contributed by atoms with Gasteiger partial charge in [-0.15, -0.1) is 0 Å². The summed E-state index contributed by atoms with van der Waals surface area (Å²) >= 11 is 0. The van der Waals surface area contributed by atoms with Crippen molar-refractivity contribution in [1.82, 2.24) is 10.6 Å². The first kappa shape index (κ1) is 18.4. The SMILES string of the molecule is CCNC(=NCc1ccc(OC)c(OC)c1)NC1CCC(O)CC1. The van der Waals surface area contributed by atoms with Crippen LogP contribution in [0.2, 0.25) is 0 Å². The zero-order valence-corrected chi connectivity index (χ0v) is 14.8. The molecule has 0 saturated heterocycles. The van der Waals surface area contributed by atoms with Crippen LogP contribution in [0.15, 0.2) is 23.2 Å². The number of aliphatic hydroxyl groups is 1. The third-order valence-corrected chi connectivity index (χ3v) is 4.25. The molecule has 0 aromatic heterocycles. The van der Waals surface area contributed by atoms with Gasteiger partial charge in [0.15, 0.2) is 17.5 Å². The zero-order chi connectivity index (χ0) is 17.4. The van der Waals surface area contributed by atoms with Gasteiger partial charge in [-0.05, 0) is 50.3 Å². The van der Waals surface area contributed by atoms with E-state index >= 15 is 0 Å². The third kappa shape index (κ3) is 5.30. The largest absolute Gasteiger partial charge is 0.493 e. The van der Waals surface area contributed by atoms with Gasteiger partial charge in [-0.1, -0.05) is 6.07 Å². The van der Waals surface area contributed by atoms with Crippen LogP contribution in [-0.2, 0) is 6.54 Å². The van der Waals surface area contributed by atoms with Gasteiger partial charge in [-0.2, -0.15) is 0 Å². The molecule has 6 heteroatoms. The maximum atomic E-state index is 9.61. The number of rotatable bonds is 6. The minimum Gasteiger partial charge on any atom is -0.493 e. The Hall–Kier alpha value is -1.95. The number of benzene rings is 1. The number of nitrogens with one attached hydrogen (secondary N) is 2. The number of aliphatic hydroxyl groups excluding tert-OH is 1. The lowest BCUT2D eigenvalue weighted by Crippen LogP contribution is -2.45. The summed E-state index contributed by atoms with van der Waals surface area (Å²) in [7, 11) is 3.26. The molecular weight excluding hydrogens is 306 g/mol. The van der Waals surface area contributed by atoms with Gasteiger partial charge in [-0.3, -0.25) is 0 Å². The average Bonchev–Trinajstić information content (AvgIpc) is 2.61. The summed E-state index contributed by atoms with van der Waals surface area (Å²) in [6.45, 7) is 3.43. The van der Waals surface area contributed by atoms with E-state index in [0.717, 1.165) is 49.5 Å². The predicted octanol–water partition coefficient (Wildman–Crippen LogP) is 2.06. The molecular formula is C18H29N3O3. The minimum atomic E-state index is -0.144. The molecule has 0 spiro atoms. The number of hydrogen-bond acceptors (Lipinski definition) is 4. The Morgan fingerprint density at radius 3 is 2.50 bits per heavy atom. The van der Waals surface area contributed by atoms with Gasteiger partial charge in [0.05, 0.1) is 26.9 Å². The number of aliphatic imine (C=N–C) groups is 1. The highest BCUT2D eigenvalue weighted by molar-refractivity contribution is 5.80. The fourth-order valence-corrected chi connectivity index (χ4v) is 2.88. The lowest BCUT2D eigenvalue weighted by molar-refractivity contribution is 0.120. The van der Waals surface area contributed by atoms with Gasteiger partial charge in [-0.25, -0.2) is 4.99 Å². The van der Waals surface area contributed by atoms with E-state index in [9.17, 15) is 5.11 Å². The molecule has 3 N–H and O–H groups in total. The second-order valence-electron chi connectivity index (χ2n) is 6.03. The number of methoxy groups -OCH3 is 2.